The second kappa shape index (κ2) is 5.06. The molecule has 2 N–H and O–H groups in total. The number of rotatable bonds is 3. The molecule has 0 saturated heterocycles. The predicted octanol–water partition coefficient (Wildman–Crippen LogP) is 3.55. The van der Waals surface area contributed by atoms with Crippen molar-refractivity contribution >= 4 is 10.8 Å². The average molecular weight is 267 g/mol. The van der Waals surface area contributed by atoms with Gasteiger partial charge in [-0.25, -0.2) is 0 Å². The molecule has 3 rings (SSSR count). The van der Waals surface area contributed by atoms with Gasteiger partial charge in [0, 0.05) is 5.56 Å². The molecule has 2 aromatic carbocycles. The van der Waals surface area contributed by atoms with E-state index < -0.39 is 0 Å². The van der Waals surface area contributed by atoms with E-state index in [1.54, 1.807) is 0 Å². The van der Waals surface area contributed by atoms with Crippen LogP contribution in [-0.4, -0.2) is 10.1 Å². The van der Waals surface area contributed by atoms with Crippen molar-refractivity contribution < 1.29 is 4.52 Å². The molecule has 20 heavy (non-hydrogen) atoms. The van der Waals surface area contributed by atoms with Gasteiger partial charge in [0.25, 0.3) is 0 Å². The first kappa shape index (κ1) is 12.8. The fraction of sp³-hybridized carbons (Fsp3) is 0.250. The molecule has 0 aliphatic carbocycles. The van der Waals surface area contributed by atoms with Crippen LogP contribution in [0.15, 0.2) is 47.0 Å². The van der Waals surface area contributed by atoms with Crippen LogP contribution in [0.2, 0.25) is 0 Å². The predicted molar refractivity (Wildman–Crippen MR) is 79.0 cm³/mol. The van der Waals surface area contributed by atoms with Gasteiger partial charge in [0.1, 0.15) is 0 Å². The minimum absolute atomic E-state index is 0.230. The first-order valence-corrected chi connectivity index (χ1v) is 6.74. The third-order valence-corrected chi connectivity index (χ3v) is 3.48. The average Bonchev–Trinajstić information content (AvgIpc) is 2.95. The Morgan fingerprint density at radius 1 is 1.05 bits per heavy atom. The van der Waals surface area contributed by atoms with Crippen LogP contribution in [0, 0.1) is 5.92 Å². The van der Waals surface area contributed by atoms with E-state index in [1.807, 2.05) is 38.1 Å². The smallest absolute Gasteiger partial charge is 0.244 e. The number of benzene rings is 2. The van der Waals surface area contributed by atoms with Crippen molar-refractivity contribution in [3.05, 3.63) is 48.4 Å². The third kappa shape index (κ3) is 2.18. The number of nitrogens with two attached hydrogens (primary N) is 1. The molecule has 0 bridgehead atoms. The maximum absolute atomic E-state index is 6.05. The summed E-state index contributed by atoms with van der Waals surface area (Å²) in [6, 6.07) is 14.0. The van der Waals surface area contributed by atoms with E-state index in [1.165, 1.54) is 0 Å². The highest BCUT2D eigenvalue weighted by Gasteiger charge is 2.19. The molecule has 0 spiro atoms. The van der Waals surface area contributed by atoms with Gasteiger partial charge in [0.05, 0.1) is 6.04 Å². The molecular weight excluding hydrogens is 250 g/mol. The van der Waals surface area contributed by atoms with E-state index in [2.05, 4.69) is 28.3 Å². The maximum Gasteiger partial charge on any atom is 0.244 e. The minimum atomic E-state index is -0.230. The number of hydrogen-bond donors (Lipinski definition) is 1. The Hall–Kier alpha value is -2.20. The molecule has 0 fully saturated rings. The second-order valence-corrected chi connectivity index (χ2v) is 5.25. The Balaban J connectivity index is 2.08. The van der Waals surface area contributed by atoms with Gasteiger partial charge >= 0.3 is 0 Å². The van der Waals surface area contributed by atoms with Crippen molar-refractivity contribution in [1.82, 2.24) is 10.1 Å². The first-order chi connectivity index (χ1) is 9.66. The summed E-state index contributed by atoms with van der Waals surface area (Å²) in [6.45, 7) is 4.07. The summed E-state index contributed by atoms with van der Waals surface area (Å²) in [4.78, 5) is 4.45. The van der Waals surface area contributed by atoms with Crippen LogP contribution in [0.3, 0.4) is 0 Å². The Morgan fingerprint density at radius 3 is 2.60 bits per heavy atom. The Labute approximate surface area is 117 Å². The van der Waals surface area contributed by atoms with Crippen LogP contribution in [0.5, 0.6) is 0 Å². The molecule has 1 atom stereocenters. The summed E-state index contributed by atoms with van der Waals surface area (Å²) in [7, 11) is 0. The minimum Gasteiger partial charge on any atom is -0.337 e. The molecule has 0 unspecified atom stereocenters. The zero-order valence-electron chi connectivity index (χ0n) is 11.6. The van der Waals surface area contributed by atoms with Crippen molar-refractivity contribution in [3.63, 3.8) is 0 Å². The van der Waals surface area contributed by atoms with Gasteiger partial charge in [-0.05, 0) is 16.7 Å². The highest BCUT2D eigenvalue weighted by Crippen LogP contribution is 2.27. The Bertz CT molecular complexity index is 728. The topological polar surface area (TPSA) is 64.9 Å². The lowest BCUT2D eigenvalue weighted by atomic mass is 10.0. The van der Waals surface area contributed by atoms with Gasteiger partial charge in [0.2, 0.25) is 11.7 Å². The monoisotopic (exact) mass is 267 g/mol. The lowest BCUT2D eigenvalue weighted by molar-refractivity contribution is 0.325. The summed E-state index contributed by atoms with van der Waals surface area (Å²) in [5, 5.41) is 6.34. The molecule has 102 valence electrons. The van der Waals surface area contributed by atoms with Crippen LogP contribution >= 0.6 is 0 Å². The molecule has 4 heteroatoms. The molecule has 4 nitrogen and oxygen atoms in total. The molecule has 0 amide bonds. The summed E-state index contributed by atoms with van der Waals surface area (Å²) >= 11 is 0. The van der Waals surface area contributed by atoms with Crippen molar-refractivity contribution in [1.29, 1.82) is 0 Å². The molecule has 0 saturated carbocycles. The fourth-order valence-electron chi connectivity index (χ4n) is 2.19. The van der Waals surface area contributed by atoms with Crippen LogP contribution in [0.1, 0.15) is 25.8 Å². The van der Waals surface area contributed by atoms with E-state index in [-0.39, 0.29) is 12.0 Å². The van der Waals surface area contributed by atoms with E-state index in [0.717, 1.165) is 16.3 Å². The zero-order chi connectivity index (χ0) is 14.1. The van der Waals surface area contributed by atoms with Crippen molar-refractivity contribution in [2.75, 3.05) is 0 Å². The Kier molecular flexibility index (Phi) is 3.24. The van der Waals surface area contributed by atoms with E-state index >= 15 is 0 Å². The van der Waals surface area contributed by atoms with E-state index in [9.17, 15) is 0 Å². The second-order valence-electron chi connectivity index (χ2n) is 5.25. The summed E-state index contributed by atoms with van der Waals surface area (Å²) in [5.41, 5.74) is 7.01. The van der Waals surface area contributed by atoms with Gasteiger partial charge < -0.3 is 10.3 Å². The van der Waals surface area contributed by atoms with Gasteiger partial charge in [-0.3, -0.25) is 0 Å². The molecule has 0 aliphatic heterocycles. The zero-order valence-corrected chi connectivity index (χ0v) is 11.6. The highest BCUT2D eigenvalue weighted by atomic mass is 16.5. The van der Waals surface area contributed by atoms with Crippen LogP contribution in [-0.2, 0) is 0 Å². The van der Waals surface area contributed by atoms with E-state index in [0.29, 0.717) is 11.7 Å². The molecule has 0 aliphatic rings. The molecule has 1 heterocycles. The number of nitrogens with zero attached hydrogens (tertiary/aromatic N) is 2. The van der Waals surface area contributed by atoms with Crippen molar-refractivity contribution in [2.45, 2.75) is 19.9 Å². The van der Waals surface area contributed by atoms with Crippen LogP contribution < -0.4 is 5.73 Å². The third-order valence-electron chi connectivity index (χ3n) is 3.48. The lowest BCUT2D eigenvalue weighted by Gasteiger charge is -2.09. The van der Waals surface area contributed by atoms with Crippen molar-refractivity contribution in [2.24, 2.45) is 11.7 Å². The SMILES string of the molecule is CC(C)[C@H](N)c1nc(-c2cccc3ccccc23)no1. The fourth-order valence-corrected chi connectivity index (χ4v) is 2.19. The quantitative estimate of drug-likeness (QED) is 0.788. The number of hydrogen-bond acceptors (Lipinski definition) is 4. The molecule has 3 aromatic rings. The molecule has 1 aromatic heterocycles. The van der Waals surface area contributed by atoms with Gasteiger partial charge in [-0.1, -0.05) is 61.5 Å². The number of aromatic nitrogens is 2. The van der Waals surface area contributed by atoms with E-state index in [4.69, 9.17) is 10.3 Å². The highest BCUT2D eigenvalue weighted by molar-refractivity contribution is 5.94. The van der Waals surface area contributed by atoms with Gasteiger partial charge in [0.15, 0.2) is 0 Å². The summed E-state index contributed by atoms with van der Waals surface area (Å²) < 4.78 is 5.30. The van der Waals surface area contributed by atoms with Crippen LogP contribution in [0.4, 0.5) is 0 Å². The maximum atomic E-state index is 6.05. The first-order valence-electron chi connectivity index (χ1n) is 6.74. The normalized spacial score (nSPS) is 13.0. The van der Waals surface area contributed by atoms with Crippen molar-refractivity contribution in [3.8, 4) is 11.4 Å². The summed E-state index contributed by atoms with van der Waals surface area (Å²) in [6.07, 6.45) is 0. The number of fused-ring (bicyclic) bond motifs is 1. The Morgan fingerprint density at radius 2 is 1.80 bits per heavy atom. The molecular formula is C16H17N3O. The standard InChI is InChI=1S/C16H17N3O/c1-10(2)14(17)16-18-15(19-20-16)13-9-5-7-11-6-3-4-8-12(11)13/h3-10,14H,17H2,1-2H3/t14-/m0/s1. The van der Waals surface area contributed by atoms with Crippen LogP contribution in [0.25, 0.3) is 22.2 Å². The van der Waals surface area contributed by atoms with Gasteiger partial charge in [-0.15, -0.1) is 0 Å². The largest absolute Gasteiger partial charge is 0.337 e. The molecule has 0 radical (unpaired) electrons. The lowest BCUT2D eigenvalue weighted by Crippen LogP contribution is -2.16. The van der Waals surface area contributed by atoms with Gasteiger partial charge in [-0.2, -0.15) is 4.98 Å². The summed E-state index contributed by atoms with van der Waals surface area (Å²) in [5.74, 6) is 1.34.